The van der Waals surface area contributed by atoms with Crippen molar-refractivity contribution in [1.82, 2.24) is 10.2 Å². The SMILES string of the molecule is CCCN1C(=O)C(=Cc2ccc(OCC(=O)OC)c(OC)c2)NC1=S. The van der Waals surface area contributed by atoms with Crippen LogP contribution in [0.1, 0.15) is 18.9 Å². The van der Waals surface area contributed by atoms with E-state index in [4.69, 9.17) is 21.7 Å². The molecule has 0 spiro atoms. The smallest absolute Gasteiger partial charge is 0.343 e. The van der Waals surface area contributed by atoms with Crippen molar-refractivity contribution in [2.24, 2.45) is 0 Å². The summed E-state index contributed by atoms with van der Waals surface area (Å²) in [5.41, 5.74) is 1.14. The summed E-state index contributed by atoms with van der Waals surface area (Å²) in [6.45, 7) is 2.34. The molecule has 0 aliphatic carbocycles. The van der Waals surface area contributed by atoms with Crippen LogP contribution in [0.25, 0.3) is 6.08 Å². The van der Waals surface area contributed by atoms with E-state index in [0.29, 0.717) is 28.9 Å². The molecule has 1 fully saturated rings. The predicted octanol–water partition coefficient (Wildman–Crippen LogP) is 1.71. The Bertz CT molecular complexity index is 717. The van der Waals surface area contributed by atoms with Gasteiger partial charge in [-0.15, -0.1) is 0 Å². The molecule has 1 aromatic carbocycles. The molecule has 0 atom stereocenters. The summed E-state index contributed by atoms with van der Waals surface area (Å²) in [4.78, 5) is 25.0. The van der Waals surface area contributed by atoms with Crippen molar-refractivity contribution in [3.05, 3.63) is 29.5 Å². The quantitative estimate of drug-likeness (QED) is 0.448. The van der Waals surface area contributed by atoms with E-state index in [1.165, 1.54) is 19.1 Å². The second-order valence-corrected chi connectivity index (χ2v) is 5.61. The molecule has 25 heavy (non-hydrogen) atoms. The maximum atomic E-state index is 12.3. The zero-order chi connectivity index (χ0) is 18.4. The summed E-state index contributed by atoms with van der Waals surface area (Å²) in [5.74, 6) is 0.205. The molecule has 1 N–H and O–H groups in total. The molecular weight excluding hydrogens is 344 g/mol. The van der Waals surface area contributed by atoms with E-state index in [1.54, 1.807) is 24.3 Å². The number of nitrogens with one attached hydrogen (secondary N) is 1. The Hall–Kier alpha value is -2.61. The van der Waals surface area contributed by atoms with Gasteiger partial charge in [-0.25, -0.2) is 4.79 Å². The van der Waals surface area contributed by atoms with Crippen LogP contribution in [0.5, 0.6) is 11.5 Å². The highest BCUT2D eigenvalue weighted by atomic mass is 32.1. The summed E-state index contributed by atoms with van der Waals surface area (Å²) in [5, 5.41) is 3.33. The Labute approximate surface area is 151 Å². The zero-order valence-corrected chi connectivity index (χ0v) is 15.1. The largest absolute Gasteiger partial charge is 0.493 e. The lowest BCUT2D eigenvalue weighted by molar-refractivity contribution is -0.142. The van der Waals surface area contributed by atoms with Gasteiger partial charge in [-0.3, -0.25) is 9.69 Å². The summed E-state index contributed by atoms with van der Waals surface area (Å²) in [6.07, 6.45) is 2.51. The Balaban J connectivity index is 2.19. The second-order valence-electron chi connectivity index (χ2n) is 5.22. The van der Waals surface area contributed by atoms with Crippen LogP contribution in [0, 0.1) is 0 Å². The maximum absolute atomic E-state index is 12.3. The molecule has 0 unspecified atom stereocenters. The van der Waals surface area contributed by atoms with E-state index in [9.17, 15) is 9.59 Å². The number of carbonyl (C=O) groups excluding carboxylic acids is 2. The highest BCUT2D eigenvalue weighted by molar-refractivity contribution is 7.80. The van der Waals surface area contributed by atoms with Crippen LogP contribution in [-0.2, 0) is 14.3 Å². The number of hydrogen-bond acceptors (Lipinski definition) is 6. The van der Waals surface area contributed by atoms with Crippen LogP contribution in [0.4, 0.5) is 0 Å². The molecule has 7 nitrogen and oxygen atoms in total. The van der Waals surface area contributed by atoms with E-state index < -0.39 is 5.97 Å². The Morgan fingerprint density at radius 3 is 2.72 bits per heavy atom. The number of amides is 1. The molecule has 134 valence electrons. The van der Waals surface area contributed by atoms with Gasteiger partial charge in [0.1, 0.15) is 5.70 Å². The average Bonchev–Trinajstić information content (AvgIpc) is 2.87. The molecule has 0 aromatic heterocycles. The minimum absolute atomic E-state index is 0.156. The van der Waals surface area contributed by atoms with Gasteiger partial charge in [0, 0.05) is 6.54 Å². The maximum Gasteiger partial charge on any atom is 0.343 e. The number of methoxy groups -OCH3 is 2. The number of carbonyl (C=O) groups is 2. The third-order valence-electron chi connectivity index (χ3n) is 3.48. The van der Waals surface area contributed by atoms with Crippen LogP contribution in [0.15, 0.2) is 23.9 Å². The molecule has 0 bridgehead atoms. The van der Waals surface area contributed by atoms with Crippen LogP contribution >= 0.6 is 12.2 Å². The Morgan fingerprint density at radius 1 is 1.32 bits per heavy atom. The topological polar surface area (TPSA) is 77.1 Å². The zero-order valence-electron chi connectivity index (χ0n) is 14.3. The third kappa shape index (κ3) is 4.48. The first-order valence-electron chi connectivity index (χ1n) is 7.72. The van der Waals surface area contributed by atoms with Gasteiger partial charge in [0.15, 0.2) is 23.2 Å². The lowest BCUT2D eigenvalue weighted by Gasteiger charge is -2.11. The first-order valence-corrected chi connectivity index (χ1v) is 8.13. The van der Waals surface area contributed by atoms with Gasteiger partial charge >= 0.3 is 5.97 Å². The van der Waals surface area contributed by atoms with Crippen molar-refractivity contribution in [1.29, 1.82) is 0 Å². The number of nitrogens with zero attached hydrogens (tertiary/aromatic N) is 1. The van der Waals surface area contributed by atoms with Gasteiger partial charge in [0.25, 0.3) is 5.91 Å². The Kier molecular flexibility index (Phi) is 6.35. The van der Waals surface area contributed by atoms with Crippen molar-refractivity contribution in [3.8, 4) is 11.5 Å². The van der Waals surface area contributed by atoms with Gasteiger partial charge in [-0.05, 0) is 42.4 Å². The summed E-state index contributed by atoms with van der Waals surface area (Å²) < 4.78 is 15.2. The van der Waals surface area contributed by atoms with Crippen molar-refractivity contribution in [3.63, 3.8) is 0 Å². The molecule has 1 aliphatic rings. The van der Waals surface area contributed by atoms with Crippen LogP contribution < -0.4 is 14.8 Å². The second kappa shape index (κ2) is 8.48. The average molecular weight is 364 g/mol. The van der Waals surface area contributed by atoms with E-state index in [2.05, 4.69) is 10.1 Å². The minimum Gasteiger partial charge on any atom is -0.493 e. The summed E-state index contributed by atoms with van der Waals surface area (Å²) in [7, 11) is 2.78. The Morgan fingerprint density at radius 2 is 2.08 bits per heavy atom. The first kappa shape index (κ1) is 18.7. The van der Waals surface area contributed by atoms with Crippen molar-refractivity contribution in [2.75, 3.05) is 27.4 Å². The fourth-order valence-electron chi connectivity index (χ4n) is 2.25. The molecule has 0 radical (unpaired) electrons. The molecule has 2 rings (SSSR count). The van der Waals surface area contributed by atoms with Gasteiger partial charge in [0.2, 0.25) is 0 Å². The standard InChI is InChI=1S/C17H20N2O5S/c1-4-7-19-16(21)12(18-17(19)25)8-11-5-6-13(14(9-11)22-2)24-10-15(20)23-3/h5-6,8-9H,4,7,10H2,1-3H3,(H,18,25). The summed E-state index contributed by atoms with van der Waals surface area (Å²) >= 11 is 5.18. The highest BCUT2D eigenvalue weighted by Gasteiger charge is 2.29. The predicted molar refractivity (Wildman–Crippen MR) is 96.2 cm³/mol. The van der Waals surface area contributed by atoms with Crippen molar-refractivity contribution >= 4 is 35.3 Å². The van der Waals surface area contributed by atoms with Gasteiger partial charge in [-0.2, -0.15) is 0 Å². The lowest BCUT2D eigenvalue weighted by Crippen LogP contribution is -2.31. The van der Waals surface area contributed by atoms with E-state index in [-0.39, 0.29) is 12.5 Å². The fraction of sp³-hybridized carbons (Fsp3) is 0.353. The highest BCUT2D eigenvalue weighted by Crippen LogP contribution is 2.29. The summed E-state index contributed by atoms with van der Waals surface area (Å²) in [6, 6.07) is 5.12. The van der Waals surface area contributed by atoms with Gasteiger partial charge in [-0.1, -0.05) is 13.0 Å². The third-order valence-corrected chi connectivity index (χ3v) is 3.80. The monoisotopic (exact) mass is 364 g/mol. The molecule has 0 saturated carbocycles. The first-order chi connectivity index (χ1) is 12.0. The van der Waals surface area contributed by atoms with Crippen LogP contribution in [-0.4, -0.2) is 49.3 Å². The van der Waals surface area contributed by atoms with E-state index in [0.717, 1.165) is 12.0 Å². The number of esters is 1. The van der Waals surface area contributed by atoms with E-state index in [1.807, 2.05) is 6.92 Å². The number of ether oxygens (including phenoxy) is 3. The lowest BCUT2D eigenvalue weighted by atomic mass is 10.1. The molecule has 8 heteroatoms. The number of hydrogen-bond donors (Lipinski definition) is 1. The van der Waals surface area contributed by atoms with Crippen molar-refractivity contribution < 1.29 is 23.8 Å². The molecule has 1 aromatic rings. The normalized spacial score (nSPS) is 15.3. The number of thiocarbonyl (C=S) groups is 1. The van der Waals surface area contributed by atoms with Crippen molar-refractivity contribution in [2.45, 2.75) is 13.3 Å². The van der Waals surface area contributed by atoms with Crippen LogP contribution in [0.2, 0.25) is 0 Å². The molecule has 1 heterocycles. The molecule has 1 aliphatic heterocycles. The molecule has 1 amide bonds. The van der Waals surface area contributed by atoms with Gasteiger partial charge < -0.3 is 19.5 Å². The fourth-order valence-corrected chi connectivity index (χ4v) is 2.54. The van der Waals surface area contributed by atoms with Gasteiger partial charge in [0.05, 0.1) is 14.2 Å². The minimum atomic E-state index is -0.487. The molecular formula is C17H20N2O5S. The van der Waals surface area contributed by atoms with Crippen LogP contribution in [0.3, 0.4) is 0 Å². The molecule has 1 saturated heterocycles. The van der Waals surface area contributed by atoms with E-state index >= 15 is 0 Å². The number of benzene rings is 1. The number of rotatable bonds is 7.